The maximum atomic E-state index is 13.4. The Bertz CT molecular complexity index is 951. The zero-order chi connectivity index (χ0) is 23.3. The second-order valence-corrected chi connectivity index (χ2v) is 9.86. The van der Waals surface area contributed by atoms with Gasteiger partial charge in [0.2, 0.25) is 11.8 Å². The van der Waals surface area contributed by atoms with Gasteiger partial charge < -0.3 is 10.2 Å². The third-order valence-corrected chi connectivity index (χ3v) is 5.75. The van der Waals surface area contributed by atoms with Crippen molar-refractivity contribution in [3.63, 3.8) is 0 Å². The molecule has 31 heavy (non-hydrogen) atoms. The van der Waals surface area contributed by atoms with Crippen LogP contribution < -0.4 is 5.32 Å². The molecule has 0 aliphatic carbocycles. The number of carbonyl (C=O) groups is 2. The topological polar surface area (TPSA) is 49.4 Å². The minimum atomic E-state index is -0.606. The van der Waals surface area contributed by atoms with Crippen LogP contribution >= 0.6 is 23.2 Å². The van der Waals surface area contributed by atoms with Gasteiger partial charge in [0.1, 0.15) is 6.04 Å². The second-order valence-electron chi connectivity index (χ2n) is 9.02. The molecule has 0 fully saturated rings. The molecule has 0 unspecified atom stereocenters. The summed E-state index contributed by atoms with van der Waals surface area (Å²) >= 11 is 12.4. The van der Waals surface area contributed by atoms with Gasteiger partial charge in [-0.1, -0.05) is 54.4 Å². The summed E-state index contributed by atoms with van der Waals surface area (Å²) in [6.07, 6.45) is 0.706. The highest BCUT2D eigenvalue weighted by Gasteiger charge is 2.31. The zero-order valence-corrected chi connectivity index (χ0v) is 20.7. The number of nitrogens with zero attached hydrogens (tertiary/aromatic N) is 1. The van der Waals surface area contributed by atoms with Crippen LogP contribution in [0.25, 0.3) is 0 Å². The van der Waals surface area contributed by atoms with Crippen LogP contribution in [0.1, 0.15) is 56.4 Å². The van der Waals surface area contributed by atoms with Crippen molar-refractivity contribution in [2.75, 3.05) is 0 Å². The number of amides is 2. The quantitative estimate of drug-likeness (QED) is 0.558. The minimum Gasteiger partial charge on any atom is -0.350 e. The predicted molar refractivity (Wildman–Crippen MR) is 129 cm³/mol. The van der Waals surface area contributed by atoms with E-state index < -0.39 is 11.6 Å². The van der Waals surface area contributed by atoms with E-state index in [-0.39, 0.29) is 24.8 Å². The Morgan fingerprint density at radius 2 is 1.71 bits per heavy atom. The van der Waals surface area contributed by atoms with Gasteiger partial charge in [0.05, 0.1) is 6.42 Å². The molecule has 0 heterocycles. The average molecular weight is 463 g/mol. The lowest BCUT2D eigenvalue weighted by atomic mass is 10.0. The van der Waals surface area contributed by atoms with Crippen LogP contribution in [0, 0.1) is 13.8 Å². The highest BCUT2D eigenvalue weighted by atomic mass is 35.5. The van der Waals surface area contributed by atoms with Gasteiger partial charge in [-0.05, 0) is 75.4 Å². The van der Waals surface area contributed by atoms with Crippen molar-refractivity contribution >= 4 is 35.0 Å². The van der Waals surface area contributed by atoms with Crippen molar-refractivity contribution in [3.05, 3.63) is 68.7 Å². The van der Waals surface area contributed by atoms with E-state index in [0.717, 1.165) is 16.7 Å². The van der Waals surface area contributed by atoms with Crippen LogP contribution in [0.4, 0.5) is 0 Å². The van der Waals surface area contributed by atoms with Crippen LogP contribution in [0.5, 0.6) is 0 Å². The molecule has 0 spiro atoms. The summed E-state index contributed by atoms with van der Waals surface area (Å²) in [7, 11) is 0. The van der Waals surface area contributed by atoms with Gasteiger partial charge >= 0.3 is 0 Å². The monoisotopic (exact) mass is 462 g/mol. The molecule has 168 valence electrons. The van der Waals surface area contributed by atoms with Gasteiger partial charge in [-0.3, -0.25) is 9.59 Å². The average Bonchev–Trinajstić information content (AvgIpc) is 2.64. The summed E-state index contributed by atoms with van der Waals surface area (Å²) in [5.74, 6) is -0.293. The Morgan fingerprint density at radius 3 is 2.26 bits per heavy atom. The molecule has 2 aromatic rings. The second kappa shape index (κ2) is 10.5. The van der Waals surface area contributed by atoms with E-state index in [0.29, 0.717) is 16.5 Å². The summed E-state index contributed by atoms with van der Waals surface area (Å²) in [6.45, 7) is 12.0. The number of benzene rings is 2. The fraction of sp³-hybridized carbons (Fsp3) is 0.440. The minimum absolute atomic E-state index is 0.120. The molecule has 2 aromatic carbocycles. The third kappa shape index (κ3) is 7.26. The molecular formula is C25H32Cl2N2O2. The normalized spacial score (nSPS) is 12.4. The summed E-state index contributed by atoms with van der Waals surface area (Å²) in [5, 5.41) is 4.01. The molecule has 2 amide bonds. The lowest BCUT2D eigenvalue weighted by Gasteiger charge is -2.33. The van der Waals surface area contributed by atoms with E-state index in [2.05, 4.69) is 5.32 Å². The molecule has 6 heteroatoms. The smallest absolute Gasteiger partial charge is 0.243 e. The molecule has 0 aliphatic rings. The van der Waals surface area contributed by atoms with Crippen molar-refractivity contribution in [1.29, 1.82) is 0 Å². The third-order valence-electron chi connectivity index (χ3n) is 5.17. The van der Waals surface area contributed by atoms with Crippen molar-refractivity contribution in [2.24, 2.45) is 0 Å². The molecule has 1 atom stereocenters. The highest BCUT2D eigenvalue weighted by Crippen LogP contribution is 2.24. The van der Waals surface area contributed by atoms with E-state index in [1.807, 2.05) is 59.7 Å². The Labute approximate surface area is 195 Å². The van der Waals surface area contributed by atoms with Crippen molar-refractivity contribution in [3.8, 4) is 0 Å². The number of carbonyl (C=O) groups excluding carboxylic acids is 2. The van der Waals surface area contributed by atoms with Crippen LogP contribution in [0.15, 0.2) is 36.4 Å². The van der Waals surface area contributed by atoms with Crippen LogP contribution in [0.2, 0.25) is 10.0 Å². The Kier molecular flexibility index (Phi) is 8.56. The van der Waals surface area contributed by atoms with Crippen molar-refractivity contribution in [2.45, 2.75) is 72.5 Å². The maximum absolute atomic E-state index is 13.4. The predicted octanol–water partition coefficient (Wildman–Crippen LogP) is 5.87. The van der Waals surface area contributed by atoms with E-state index in [4.69, 9.17) is 23.2 Å². The van der Waals surface area contributed by atoms with E-state index >= 15 is 0 Å². The van der Waals surface area contributed by atoms with Gasteiger partial charge in [-0.2, -0.15) is 0 Å². The number of hydrogen-bond acceptors (Lipinski definition) is 2. The first kappa shape index (κ1) is 25.2. The Hall–Kier alpha value is -2.04. The SMILES string of the molecule is CC[C@H](C(=O)NC(C)(C)C)N(Cc1ccc(Cl)cc1Cl)C(=O)Cc1ccc(C)c(C)c1. The molecule has 0 saturated carbocycles. The van der Waals surface area contributed by atoms with Crippen molar-refractivity contribution < 1.29 is 9.59 Å². The molecular weight excluding hydrogens is 431 g/mol. The maximum Gasteiger partial charge on any atom is 0.243 e. The molecule has 0 saturated heterocycles. The van der Waals surface area contributed by atoms with E-state index in [1.165, 1.54) is 5.56 Å². The largest absolute Gasteiger partial charge is 0.350 e. The number of hydrogen-bond donors (Lipinski definition) is 1. The van der Waals surface area contributed by atoms with Gasteiger partial charge in [-0.15, -0.1) is 0 Å². The number of aryl methyl sites for hydroxylation is 2. The highest BCUT2D eigenvalue weighted by molar-refractivity contribution is 6.35. The van der Waals surface area contributed by atoms with Gasteiger partial charge in [0.25, 0.3) is 0 Å². The molecule has 0 radical (unpaired) electrons. The molecule has 0 aromatic heterocycles. The first-order valence-corrected chi connectivity index (χ1v) is 11.3. The first-order chi connectivity index (χ1) is 14.4. The lowest BCUT2D eigenvalue weighted by molar-refractivity contribution is -0.141. The van der Waals surface area contributed by atoms with E-state index in [1.54, 1.807) is 23.1 Å². The van der Waals surface area contributed by atoms with Crippen LogP contribution in [-0.4, -0.2) is 28.3 Å². The molecule has 2 rings (SSSR count). The fourth-order valence-corrected chi connectivity index (χ4v) is 3.86. The summed E-state index contributed by atoms with van der Waals surface area (Å²) in [6, 6.07) is 10.6. The molecule has 0 aliphatic heterocycles. The number of halogens is 2. The summed E-state index contributed by atoms with van der Waals surface area (Å²) in [4.78, 5) is 28.1. The van der Waals surface area contributed by atoms with Gasteiger partial charge in [0.15, 0.2) is 0 Å². The van der Waals surface area contributed by atoms with Crippen LogP contribution in [-0.2, 0) is 22.6 Å². The summed E-state index contributed by atoms with van der Waals surface area (Å²) < 4.78 is 0. The number of nitrogens with one attached hydrogen (secondary N) is 1. The summed E-state index contributed by atoms with van der Waals surface area (Å²) in [5.41, 5.74) is 3.59. The molecule has 1 N–H and O–H groups in total. The van der Waals surface area contributed by atoms with Crippen LogP contribution in [0.3, 0.4) is 0 Å². The Balaban J connectivity index is 2.38. The van der Waals surface area contributed by atoms with Crippen molar-refractivity contribution in [1.82, 2.24) is 10.2 Å². The molecule has 0 bridgehead atoms. The first-order valence-electron chi connectivity index (χ1n) is 10.5. The fourth-order valence-electron chi connectivity index (χ4n) is 3.40. The number of rotatable bonds is 7. The Morgan fingerprint density at radius 1 is 1.03 bits per heavy atom. The standard InChI is InChI=1S/C25H32Cl2N2O2/c1-7-22(24(31)28-25(4,5)6)29(15-19-10-11-20(26)14-21(19)27)23(30)13-18-9-8-16(2)17(3)12-18/h8-12,14,22H,7,13,15H2,1-6H3,(H,28,31)/t22-/m1/s1. The molecule has 4 nitrogen and oxygen atoms in total. The van der Waals surface area contributed by atoms with Gasteiger partial charge in [0, 0.05) is 22.1 Å². The zero-order valence-electron chi connectivity index (χ0n) is 19.2. The van der Waals surface area contributed by atoms with Gasteiger partial charge in [-0.25, -0.2) is 0 Å². The van der Waals surface area contributed by atoms with E-state index in [9.17, 15) is 9.59 Å². The lowest BCUT2D eigenvalue weighted by Crippen LogP contribution is -2.53.